The number of rotatable bonds is 3. The summed E-state index contributed by atoms with van der Waals surface area (Å²) in [5.74, 6) is 1.36. The summed E-state index contributed by atoms with van der Waals surface area (Å²) in [5.41, 5.74) is 1.68. The van der Waals surface area contributed by atoms with E-state index < -0.39 is 0 Å². The standard InChI is InChI=1S/C18H12Cl2N4S/c1-10-7-13-17(22-12-4-5-14(19)15(20)8-12)23-16(24-18(13)25-10)11-3-2-6-21-9-11/h2-9H,1H3,(H,22,23,24). The number of pyridine rings is 1. The lowest BCUT2D eigenvalue weighted by molar-refractivity contribution is 1.21. The molecule has 3 heterocycles. The molecule has 4 rings (SSSR count). The van der Waals surface area contributed by atoms with Crippen LogP contribution in [-0.2, 0) is 0 Å². The van der Waals surface area contributed by atoms with Gasteiger partial charge in [0.2, 0.25) is 0 Å². The van der Waals surface area contributed by atoms with Crippen molar-refractivity contribution in [2.75, 3.05) is 5.32 Å². The molecule has 4 aromatic rings. The summed E-state index contributed by atoms with van der Waals surface area (Å²) in [6.45, 7) is 2.05. The maximum Gasteiger partial charge on any atom is 0.164 e. The summed E-state index contributed by atoms with van der Waals surface area (Å²) in [5, 5.41) is 5.31. The highest BCUT2D eigenvalue weighted by Crippen LogP contribution is 2.33. The number of nitrogens with one attached hydrogen (secondary N) is 1. The molecule has 0 fully saturated rings. The summed E-state index contributed by atoms with van der Waals surface area (Å²) in [4.78, 5) is 15.6. The van der Waals surface area contributed by atoms with E-state index >= 15 is 0 Å². The zero-order valence-electron chi connectivity index (χ0n) is 13.1. The molecular formula is C18H12Cl2N4S. The Balaban J connectivity index is 1.84. The van der Waals surface area contributed by atoms with E-state index in [2.05, 4.69) is 28.3 Å². The van der Waals surface area contributed by atoms with E-state index in [0.29, 0.717) is 15.9 Å². The van der Waals surface area contributed by atoms with Crippen LogP contribution in [-0.4, -0.2) is 15.0 Å². The number of hydrogen-bond acceptors (Lipinski definition) is 5. The minimum Gasteiger partial charge on any atom is -0.340 e. The van der Waals surface area contributed by atoms with Crippen molar-refractivity contribution in [2.24, 2.45) is 0 Å². The summed E-state index contributed by atoms with van der Waals surface area (Å²) < 4.78 is 0. The van der Waals surface area contributed by atoms with Crippen molar-refractivity contribution >= 4 is 56.3 Å². The van der Waals surface area contributed by atoms with Crippen molar-refractivity contribution in [3.8, 4) is 11.4 Å². The summed E-state index contributed by atoms with van der Waals surface area (Å²) in [7, 11) is 0. The molecule has 0 aliphatic carbocycles. The average Bonchev–Trinajstić information content (AvgIpc) is 2.99. The highest BCUT2D eigenvalue weighted by atomic mass is 35.5. The number of thiophene rings is 1. The predicted octanol–water partition coefficient (Wildman–Crippen LogP) is 6.11. The number of benzene rings is 1. The maximum atomic E-state index is 6.12. The van der Waals surface area contributed by atoms with Crippen molar-refractivity contribution in [1.82, 2.24) is 15.0 Å². The molecule has 0 atom stereocenters. The van der Waals surface area contributed by atoms with Crippen LogP contribution in [0.25, 0.3) is 21.6 Å². The van der Waals surface area contributed by atoms with Crippen LogP contribution in [0.15, 0.2) is 48.8 Å². The molecule has 0 saturated heterocycles. The van der Waals surface area contributed by atoms with Gasteiger partial charge in [-0.2, -0.15) is 0 Å². The van der Waals surface area contributed by atoms with Gasteiger partial charge in [0.15, 0.2) is 5.82 Å². The topological polar surface area (TPSA) is 50.7 Å². The zero-order valence-corrected chi connectivity index (χ0v) is 15.5. The molecule has 4 nitrogen and oxygen atoms in total. The SMILES string of the molecule is Cc1cc2c(Nc3ccc(Cl)c(Cl)c3)nc(-c3cccnc3)nc2s1. The van der Waals surface area contributed by atoms with Crippen LogP contribution in [0.4, 0.5) is 11.5 Å². The number of hydrogen-bond donors (Lipinski definition) is 1. The molecule has 0 unspecified atom stereocenters. The Morgan fingerprint density at radius 2 is 1.92 bits per heavy atom. The number of fused-ring (bicyclic) bond motifs is 1. The van der Waals surface area contributed by atoms with E-state index in [4.69, 9.17) is 28.2 Å². The summed E-state index contributed by atoms with van der Waals surface area (Å²) >= 11 is 13.7. The third-order valence-corrected chi connectivity index (χ3v) is 5.30. The van der Waals surface area contributed by atoms with Crippen LogP contribution in [0.2, 0.25) is 10.0 Å². The van der Waals surface area contributed by atoms with Gasteiger partial charge >= 0.3 is 0 Å². The van der Waals surface area contributed by atoms with Crippen molar-refractivity contribution in [2.45, 2.75) is 6.92 Å². The Morgan fingerprint density at radius 3 is 2.68 bits per heavy atom. The second-order valence-electron chi connectivity index (χ2n) is 5.47. The van der Waals surface area contributed by atoms with E-state index in [1.54, 1.807) is 35.9 Å². The lowest BCUT2D eigenvalue weighted by Gasteiger charge is -2.09. The molecule has 0 bridgehead atoms. The van der Waals surface area contributed by atoms with E-state index in [1.165, 1.54) is 4.88 Å². The molecule has 3 aromatic heterocycles. The Kier molecular flexibility index (Phi) is 4.29. The summed E-state index contributed by atoms with van der Waals surface area (Å²) in [6.07, 6.45) is 3.48. The fourth-order valence-corrected chi connectivity index (χ4v) is 3.65. The molecule has 0 aliphatic rings. The highest BCUT2D eigenvalue weighted by Gasteiger charge is 2.13. The van der Waals surface area contributed by atoms with Gasteiger partial charge in [-0.3, -0.25) is 4.98 Å². The monoisotopic (exact) mass is 386 g/mol. The van der Waals surface area contributed by atoms with Crippen molar-refractivity contribution in [1.29, 1.82) is 0 Å². The number of nitrogens with zero attached hydrogens (tertiary/aromatic N) is 3. The Hall–Kier alpha value is -2.21. The lowest BCUT2D eigenvalue weighted by atomic mass is 10.2. The van der Waals surface area contributed by atoms with Crippen LogP contribution >= 0.6 is 34.5 Å². The third-order valence-electron chi connectivity index (χ3n) is 3.62. The maximum absolute atomic E-state index is 6.12. The zero-order chi connectivity index (χ0) is 17.4. The second kappa shape index (κ2) is 6.59. The third kappa shape index (κ3) is 3.31. The van der Waals surface area contributed by atoms with E-state index in [-0.39, 0.29) is 0 Å². The molecule has 7 heteroatoms. The first-order valence-corrected chi connectivity index (χ1v) is 9.08. The highest BCUT2D eigenvalue weighted by molar-refractivity contribution is 7.18. The lowest BCUT2D eigenvalue weighted by Crippen LogP contribution is -1.98. The van der Waals surface area contributed by atoms with Gasteiger partial charge in [0.25, 0.3) is 0 Å². The van der Waals surface area contributed by atoms with E-state index in [9.17, 15) is 0 Å². The molecule has 1 N–H and O–H groups in total. The number of aromatic nitrogens is 3. The molecule has 0 radical (unpaired) electrons. The smallest absolute Gasteiger partial charge is 0.164 e. The van der Waals surface area contributed by atoms with E-state index in [0.717, 1.165) is 27.3 Å². The minimum absolute atomic E-state index is 0.492. The first-order chi connectivity index (χ1) is 12.1. The predicted molar refractivity (Wildman–Crippen MR) is 105 cm³/mol. The average molecular weight is 387 g/mol. The van der Waals surface area contributed by atoms with Gasteiger partial charge < -0.3 is 5.32 Å². The number of halogens is 2. The van der Waals surface area contributed by atoms with Gasteiger partial charge in [-0.05, 0) is 43.3 Å². The van der Waals surface area contributed by atoms with Crippen LogP contribution in [0.5, 0.6) is 0 Å². The first kappa shape index (κ1) is 16.3. The molecule has 0 amide bonds. The fraction of sp³-hybridized carbons (Fsp3) is 0.0556. The van der Waals surface area contributed by atoms with Crippen molar-refractivity contribution in [3.63, 3.8) is 0 Å². The van der Waals surface area contributed by atoms with Gasteiger partial charge in [-0.15, -0.1) is 11.3 Å². The molecule has 124 valence electrons. The van der Waals surface area contributed by atoms with Gasteiger partial charge in [-0.1, -0.05) is 23.2 Å². The number of anilines is 2. The Morgan fingerprint density at radius 1 is 1.04 bits per heavy atom. The largest absolute Gasteiger partial charge is 0.340 e. The van der Waals surface area contributed by atoms with Crippen molar-refractivity contribution < 1.29 is 0 Å². The molecule has 0 aliphatic heterocycles. The quantitative estimate of drug-likeness (QED) is 0.461. The molecule has 1 aromatic carbocycles. The van der Waals surface area contributed by atoms with Gasteiger partial charge in [0, 0.05) is 28.5 Å². The van der Waals surface area contributed by atoms with E-state index in [1.807, 2.05) is 18.2 Å². The molecular weight excluding hydrogens is 375 g/mol. The summed E-state index contributed by atoms with van der Waals surface area (Å²) in [6, 6.07) is 11.3. The molecule has 0 spiro atoms. The molecule has 25 heavy (non-hydrogen) atoms. The Bertz CT molecular complexity index is 1060. The first-order valence-electron chi connectivity index (χ1n) is 7.51. The van der Waals surface area contributed by atoms with Crippen LogP contribution in [0, 0.1) is 6.92 Å². The molecule has 0 saturated carbocycles. The van der Waals surface area contributed by atoms with Crippen LogP contribution < -0.4 is 5.32 Å². The van der Waals surface area contributed by atoms with Crippen molar-refractivity contribution in [3.05, 3.63) is 63.7 Å². The van der Waals surface area contributed by atoms with Gasteiger partial charge in [0.1, 0.15) is 10.6 Å². The Labute approximate surface area is 158 Å². The fourth-order valence-electron chi connectivity index (χ4n) is 2.47. The van der Waals surface area contributed by atoms with Gasteiger partial charge in [0.05, 0.1) is 15.4 Å². The number of aryl methyl sites for hydroxylation is 1. The second-order valence-corrected chi connectivity index (χ2v) is 7.52. The normalized spacial score (nSPS) is 11.0. The van der Waals surface area contributed by atoms with Crippen LogP contribution in [0.1, 0.15) is 4.88 Å². The van der Waals surface area contributed by atoms with Gasteiger partial charge in [-0.25, -0.2) is 9.97 Å². The minimum atomic E-state index is 0.492. The van der Waals surface area contributed by atoms with Crippen LogP contribution in [0.3, 0.4) is 0 Å².